The maximum atomic E-state index is 13.3. The third-order valence-corrected chi connectivity index (χ3v) is 5.77. The molecular formula is C17H14ClFN8O3S. The van der Waals surface area contributed by atoms with Crippen molar-refractivity contribution in [2.24, 2.45) is 14.1 Å². The number of amides is 1. The van der Waals surface area contributed by atoms with E-state index < -0.39 is 21.7 Å². The van der Waals surface area contributed by atoms with Crippen molar-refractivity contribution in [1.29, 1.82) is 0 Å². The molecule has 0 aliphatic carbocycles. The third-order valence-electron chi connectivity index (χ3n) is 4.20. The predicted molar refractivity (Wildman–Crippen MR) is 110 cm³/mol. The number of nitrogens with zero attached hydrogens (tertiary/aromatic N) is 6. The van der Waals surface area contributed by atoms with Gasteiger partial charge in [-0.15, -0.1) is 0 Å². The molecule has 0 aliphatic rings. The molecule has 0 saturated heterocycles. The molecule has 160 valence electrons. The first-order valence-electron chi connectivity index (χ1n) is 8.61. The van der Waals surface area contributed by atoms with Crippen LogP contribution in [-0.2, 0) is 24.1 Å². The molecule has 0 atom stereocenters. The molecule has 0 saturated carbocycles. The minimum absolute atomic E-state index is 0.0576. The van der Waals surface area contributed by atoms with E-state index in [9.17, 15) is 17.6 Å². The third kappa shape index (κ3) is 4.04. The number of aromatic nitrogens is 6. The van der Waals surface area contributed by atoms with E-state index in [0.29, 0.717) is 0 Å². The van der Waals surface area contributed by atoms with Gasteiger partial charge < -0.3 is 5.32 Å². The van der Waals surface area contributed by atoms with E-state index in [1.165, 1.54) is 47.1 Å². The Morgan fingerprint density at radius 3 is 2.68 bits per heavy atom. The van der Waals surface area contributed by atoms with E-state index in [4.69, 9.17) is 11.6 Å². The summed E-state index contributed by atoms with van der Waals surface area (Å²) in [6.45, 7) is 0. The fourth-order valence-electron chi connectivity index (χ4n) is 2.78. The van der Waals surface area contributed by atoms with Crippen LogP contribution in [0.4, 0.5) is 16.0 Å². The van der Waals surface area contributed by atoms with Crippen LogP contribution < -0.4 is 10.0 Å². The van der Waals surface area contributed by atoms with Gasteiger partial charge in [-0.25, -0.2) is 22.5 Å². The molecule has 14 heteroatoms. The largest absolute Gasteiger partial charge is 0.321 e. The molecule has 0 unspecified atom stereocenters. The number of carbonyl (C=O) groups excluding carboxylic acids is 1. The zero-order chi connectivity index (χ0) is 22.3. The molecule has 4 rings (SSSR count). The van der Waals surface area contributed by atoms with Crippen LogP contribution in [0.15, 0.2) is 41.7 Å². The average Bonchev–Trinajstić information content (AvgIpc) is 3.27. The van der Waals surface area contributed by atoms with E-state index in [-0.39, 0.29) is 38.3 Å². The predicted octanol–water partition coefficient (Wildman–Crippen LogP) is 1.94. The van der Waals surface area contributed by atoms with Crippen LogP contribution in [0.1, 0.15) is 10.5 Å². The van der Waals surface area contributed by atoms with E-state index in [2.05, 4.69) is 30.2 Å². The average molecular weight is 465 g/mol. The number of sulfonamides is 1. The number of fused-ring (bicyclic) bond motifs is 1. The number of aryl methyl sites for hydroxylation is 2. The van der Waals surface area contributed by atoms with Crippen LogP contribution in [0.5, 0.6) is 0 Å². The highest BCUT2D eigenvalue weighted by Gasteiger charge is 2.22. The summed E-state index contributed by atoms with van der Waals surface area (Å²) >= 11 is 5.74. The van der Waals surface area contributed by atoms with E-state index in [0.717, 1.165) is 6.07 Å². The number of benzene rings is 1. The second kappa shape index (κ2) is 7.59. The van der Waals surface area contributed by atoms with Gasteiger partial charge in [0.15, 0.2) is 5.65 Å². The lowest BCUT2D eigenvalue weighted by Crippen LogP contribution is -2.16. The summed E-state index contributed by atoms with van der Waals surface area (Å²) < 4.78 is 43.0. The quantitative estimate of drug-likeness (QED) is 0.460. The highest BCUT2D eigenvalue weighted by atomic mass is 35.5. The summed E-state index contributed by atoms with van der Waals surface area (Å²) in [5.74, 6) is -1.38. The lowest BCUT2D eigenvalue weighted by molar-refractivity contribution is 0.101. The molecule has 0 fully saturated rings. The van der Waals surface area contributed by atoms with Crippen LogP contribution in [0.2, 0.25) is 5.02 Å². The van der Waals surface area contributed by atoms with Crippen LogP contribution in [0.25, 0.3) is 11.0 Å². The number of anilines is 2. The number of hydrogen-bond donors (Lipinski definition) is 2. The van der Waals surface area contributed by atoms with Gasteiger partial charge in [-0.05, 0) is 18.2 Å². The maximum absolute atomic E-state index is 13.3. The summed E-state index contributed by atoms with van der Waals surface area (Å²) in [6.07, 6.45) is 3.79. The molecule has 4 aromatic rings. The van der Waals surface area contributed by atoms with Crippen molar-refractivity contribution in [3.8, 4) is 0 Å². The van der Waals surface area contributed by atoms with E-state index >= 15 is 0 Å². The minimum atomic E-state index is -3.94. The molecule has 2 N–H and O–H groups in total. The number of nitrogens with one attached hydrogen (secondary N) is 2. The highest BCUT2D eigenvalue weighted by molar-refractivity contribution is 7.92. The summed E-state index contributed by atoms with van der Waals surface area (Å²) in [5.41, 5.74) is 0.508. The Morgan fingerprint density at radius 2 is 2.00 bits per heavy atom. The first-order valence-corrected chi connectivity index (χ1v) is 10.5. The van der Waals surface area contributed by atoms with Gasteiger partial charge >= 0.3 is 0 Å². The summed E-state index contributed by atoms with van der Waals surface area (Å²) in [5, 5.41) is 10.7. The Bertz CT molecular complexity index is 1430. The van der Waals surface area contributed by atoms with Gasteiger partial charge in [0.1, 0.15) is 16.4 Å². The van der Waals surface area contributed by atoms with Crippen LogP contribution >= 0.6 is 11.6 Å². The van der Waals surface area contributed by atoms with Crippen LogP contribution in [0, 0.1) is 5.82 Å². The first kappa shape index (κ1) is 20.7. The lowest BCUT2D eigenvalue weighted by atomic mass is 10.2. The molecule has 31 heavy (non-hydrogen) atoms. The van der Waals surface area contributed by atoms with Crippen molar-refractivity contribution < 1.29 is 17.6 Å². The zero-order valence-electron chi connectivity index (χ0n) is 16.0. The molecule has 1 amide bonds. The standard InChI is InChI=1S/C17H14ClFN8O3S/c1-26-8-10(6-21-26)31(29,30)25-17-20-7-11-14(27(2)24-15(11)23-17)16(28)22-9-3-4-13(19)12(18)5-9/h3-8H,1-2H3,(H,22,28)(H,23,24,25). The molecule has 0 aliphatic heterocycles. The smallest absolute Gasteiger partial charge is 0.274 e. The van der Waals surface area contributed by atoms with Gasteiger partial charge in [0, 0.05) is 32.2 Å². The fraction of sp³-hybridized carbons (Fsp3) is 0.118. The SMILES string of the molecule is Cn1cc(S(=O)(=O)Nc2ncc3c(C(=O)Nc4ccc(F)c(Cl)c4)n(C)nc3n2)cn1. The molecule has 3 heterocycles. The van der Waals surface area contributed by atoms with Gasteiger partial charge in [-0.3, -0.25) is 14.2 Å². The van der Waals surface area contributed by atoms with Crippen molar-refractivity contribution in [2.45, 2.75) is 4.90 Å². The summed E-state index contributed by atoms with van der Waals surface area (Å²) in [6, 6.07) is 3.76. The maximum Gasteiger partial charge on any atom is 0.274 e. The normalized spacial score (nSPS) is 11.6. The Morgan fingerprint density at radius 1 is 1.23 bits per heavy atom. The van der Waals surface area contributed by atoms with Crippen molar-refractivity contribution in [2.75, 3.05) is 10.0 Å². The van der Waals surface area contributed by atoms with Crippen LogP contribution in [0.3, 0.4) is 0 Å². The van der Waals surface area contributed by atoms with E-state index in [1.54, 1.807) is 7.05 Å². The Balaban J connectivity index is 1.62. The molecule has 0 radical (unpaired) electrons. The van der Waals surface area contributed by atoms with Crippen molar-refractivity contribution in [3.05, 3.63) is 53.3 Å². The molecular weight excluding hydrogens is 451 g/mol. The molecule has 0 spiro atoms. The minimum Gasteiger partial charge on any atom is -0.321 e. The summed E-state index contributed by atoms with van der Waals surface area (Å²) in [7, 11) is -0.838. The molecule has 1 aromatic carbocycles. The lowest BCUT2D eigenvalue weighted by Gasteiger charge is -2.07. The van der Waals surface area contributed by atoms with Gasteiger partial charge in [0.2, 0.25) is 5.95 Å². The second-order valence-electron chi connectivity index (χ2n) is 6.44. The second-order valence-corrected chi connectivity index (χ2v) is 8.53. The van der Waals surface area contributed by atoms with Crippen molar-refractivity contribution in [1.82, 2.24) is 29.5 Å². The molecule has 0 bridgehead atoms. The van der Waals surface area contributed by atoms with Crippen molar-refractivity contribution >= 4 is 50.2 Å². The van der Waals surface area contributed by atoms with Crippen molar-refractivity contribution in [3.63, 3.8) is 0 Å². The monoisotopic (exact) mass is 464 g/mol. The Hall–Kier alpha value is -3.58. The number of carbonyl (C=O) groups is 1. The van der Waals surface area contributed by atoms with Gasteiger partial charge in [-0.2, -0.15) is 15.2 Å². The Kier molecular flexibility index (Phi) is 5.07. The van der Waals surface area contributed by atoms with Gasteiger partial charge in [0.05, 0.1) is 16.6 Å². The molecule has 11 nitrogen and oxygen atoms in total. The highest BCUT2D eigenvalue weighted by Crippen LogP contribution is 2.22. The zero-order valence-corrected chi connectivity index (χ0v) is 17.6. The summed E-state index contributed by atoms with van der Waals surface area (Å²) in [4.78, 5) is 20.7. The topological polar surface area (TPSA) is 137 Å². The van der Waals surface area contributed by atoms with Crippen LogP contribution in [-0.4, -0.2) is 43.9 Å². The Labute approximate surface area is 179 Å². The molecule has 3 aromatic heterocycles. The van der Waals surface area contributed by atoms with Gasteiger partial charge in [-0.1, -0.05) is 11.6 Å². The van der Waals surface area contributed by atoms with Gasteiger partial charge in [0.25, 0.3) is 15.9 Å². The first-order chi connectivity index (χ1) is 14.6. The fourth-order valence-corrected chi connectivity index (χ4v) is 3.90. The number of halogens is 2. The number of rotatable bonds is 5. The van der Waals surface area contributed by atoms with E-state index in [1.807, 2.05) is 0 Å². The number of hydrogen-bond acceptors (Lipinski definition) is 7.